The van der Waals surface area contributed by atoms with Crippen LogP contribution >= 0.6 is 0 Å². The van der Waals surface area contributed by atoms with Crippen molar-refractivity contribution in [3.63, 3.8) is 0 Å². The van der Waals surface area contributed by atoms with Crippen LogP contribution in [0.1, 0.15) is 39.0 Å². The molecule has 94 valence electrons. The van der Waals surface area contributed by atoms with E-state index in [1.807, 2.05) is 0 Å². The van der Waals surface area contributed by atoms with Crippen LogP contribution in [-0.4, -0.2) is 54.6 Å². The SMILES string of the molecule is CCCCC(CN)N1CCN(C2CC2)CC1. The molecule has 2 aliphatic rings. The Morgan fingerprint density at radius 3 is 2.38 bits per heavy atom. The topological polar surface area (TPSA) is 32.5 Å². The monoisotopic (exact) mass is 225 g/mol. The highest BCUT2D eigenvalue weighted by Gasteiger charge is 2.32. The van der Waals surface area contributed by atoms with Crippen LogP contribution in [0.3, 0.4) is 0 Å². The van der Waals surface area contributed by atoms with Gasteiger partial charge in [-0.15, -0.1) is 0 Å². The summed E-state index contributed by atoms with van der Waals surface area (Å²) in [6, 6.07) is 1.58. The minimum Gasteiger partial charge on any atom is -0.329 e. The number of nitrogens with zero attached hydrogens (tertiary/aromatic N) is 2. The number of unbranched alkanes of at least 4 members (excludes halogenated alkanes) is 1. The molecular formula is C13H27N3. The van der Waals surface area contributed by atoms with Crippen LogP contribution in [0.25, 0.3) is 0 Å². The van der Waals surface area contributed by atoms with Crippen molar-refractivity contribution in [1.82, 2.24) is 9.80 Å². The first kappa shape index (κ1) is 12.3. The zero-order chi connectivity index (χ0) is 11.4. The molecule has 1 saturated heterocycles. The second-order valence-electron chi connectivity index (χ2n) is 5.33. The van der Waals surface area contributed by atoms with Crippen molar-refractivity contribution in [2.75, 3.05) is 32.7 Å². The Kier molecular flexibility index (Phi) is 4.62. The lowest BCUT2D eigenvalue weighted by Crippen LogP contribution is -2.52. The first-order valence-electron chi connectivity index (χ1n) is 7.03. The average molecular weight is 225 g/mol. The summed E-state index contributed by atoms with van der Waals surface area (Å²) in [6.45, 7) is 8.12. The Morgan fingerprint density at radius 2 is 1.88 bits per heavy atom. The fourth-order valence-electron chi connectivity index (χ4n) is 2.80. The van der Waals surface area contributed by atoms with Crippen LogP contribution in [0.2, 0.25) is 0 Å². The van der Waals surface area contributed by atoms with Gasteiger partial charge in [0.25, 0.3) is 0 Å². The zero-order valence-corrected chi connectivity index (χ0v) is 10.7. The molecule has 0 aromatic heterocycles. The molecular weight excluding hydrogens is 198 g/mol. The maximum absolute atomic E-state index is 5.90. The highest BCUT2D eigenvalue weighted by Crippen LogP contribution is 2.27. The minimum absolute atomic E-state index is 0.640. The van der Waals surface area contributed by atoms with E-state index in [0.717, 1.165) is 12.6 Å². The van der Waals surface area contributed by atoms with E-state index in [1.165, 1.54) is 58.3 Å². The molecule has 1 atom stereocenters. The van der Waals surface area contributed by atoms with Crippen molar-refractivity contribution in [3.05, 3.63) is 0 Å². The second-order valence-corrected chi connectivity index (χ2v) is 5.33. The quantitative estimate of drug-likeness (QED) is 0.739. The summed E-state index contributed by atoms with van der Waals surface area (Å²) in [6.07, 6.45) is 6.78. The van der Waals surface area contributed by atoms with Gasteiger partial charge >= 0.3 is 0 Å². The molecule has 3 nitrogen and oxygen atoms in total. The third kappa shape index (κ3) is 3.19. The first-order chi connectivity index (χ1) is 7.85. The first-order valence-corrected chi connectivity index (χ1v) is 7.03. The number of piperazine rings is 1. The molecule has 0 bridgehead atoms. The molecule has 0 radical (unpaired) electrons. The maximum atomic E-state index is 5.90. The van der Waals surface area contributed by atoms with Gasteiger partial charge < -0.3 is 5.73 Å². The third-order valence-corrected chi connectivity index (χ3v) is 4.09. The van der Waals surface area contributed by atoms with Gasteiger partial charge in [0.1, 0.15) is 0 Å². The highest BCUT2D eigenvalue weighted by atomic mass is 15.3. The summed E-state index contributed by atoms with van der Waals surface area (Å²) in [7, 11) is 0. The molecule has 1 saturated carbocycles. The van der Waals surface area contributed by atoms with Crippen LogP contribution in [0.5, 0.6) is 0 Å². The molecule has 2 fully saturated rings. The van der Waals surface area contributed by atoms with Crippen LogP contribution in [-0.2, 0) is 0 Å². The lowest BCUT2D eigenvalue weighted by atomic mass is 10.1. The highest BCUT2D eigenvalue weighted by molar-refractivity contribution is 4.89. The van der Waals surface area contributed by atoms with Crippen molar-refractivity contribution >= 4 is 0 Å². The van der Waals surface area contributed by atoms with Gasteiger partial charge in [0.2, 0.25) is 0 Å². The van der Waals surface area contributed by atoms with Crippen LogP contribution in [0.4, 0.5) is 0 Å². The molecule has 0 amide bonds. The lowest BCUT2D eigenvalue weighted by molar-refractivity contribution is 0.0895. The van der Waals surface area contributed by atoms with Gasteiger partial charge in [-0.2, -0.15) is 0 Å². The molecule has 0 aromatic carbocycles. The standard InChI is InChI=1S/C13H27N3/c1-2-3-4-13(11-14)16-9-7-15(8-10-16)12-5-6-12/h12-13H,2-11,14H2,1H3. The molecule has 2 rings (SSSR count). The molecule has 2 N–H and O–H groups in total. The van der Waals surface area contributed by atoms with Crippen molar-refractivity contribution < 1.29 is 0 Å². The molecule has 3 heteroatoms. The Bertz CT molecular complexity index is 195. The van der Waals surface area contributed by atoms with E-state index in [4.69, 9.17) is 5.73 Å². The molecule has 1 unspecified atom stereocenters. The van der Waals surface area contributed by atoms with Gasteiger partial charge in [-0.3, -0.25) is 9.80 Å². The molecule has 16 heavy (non-hydrogen) atoms. The van der Waals surface area contributed by atoms with Gasteiger partial charge in [-0.25, -0.2) is 0 Å². The summed E-state index contributed by atoms with van der Waals surface area (Å²) in [5, 5.41) is 0. The summed E-state index contributed by atoms with van der Waals surface area (Å²) in [5.41, 5.74) is 5.90. The van der Waals surface area contributed by atoms with Crippen LogP contribution < -0.4 is 5.73 Å². The van der Waals surface area contributed by atoms with Gasteiger partial charge in [-0.1, -0.05) is 19.8 Å². The summed E-state index contributed by atoms with van der Waals surface area (Å²) in [4.78, 5) is 5.29. The van der Waals surface area contributed by atoms with Crippen LogP contribution in [0.15, 0.2) is 0 Å². The summed E-state index contributed by atoms with van der Waals surface area (Å²) < 4.78 is 0. The predicted molar refractivity (Wildman–Crippen MR) is 68.5 cm³/mol. The van der Waals surface area contributed by atoms with Crippen LogP contribution in [0, 0.1) is 0 Å². The van der Waals surface area contributed by atoms with Crippen molar-refractivity contribution in [3.8, 4) is 0 Å². The minimum atomic E-state index is 0.640. The lowest BCUT2D eigenvalue weighted by Gasteiger charge is -2.39. The smallest absolute Gasteiger partial charge is 0.0219 e. The van der Waals surface area contributed by atoms with Crippen molar-refractivity contribution in [1.29, 1.82) is 0 Å². The Labute approximate surface area is 100.0 Å². The molecule has 1 aliphatic carbocycles. The normalized spacial score (nSPS) is 25.9. The zero-order valence-electron chi connectivity index (χ0n) is 10.7. The average Bonchev–Trinajstić information content (AvgIpc) is 3.15. The summed E-state index contributed by atoms with van der Waals surface area (Å²) >= 11 is 0. The Morgan fingerprint density at radius 1 is 1.19 bits per heavy atom. The number of hydrogen-bond acceptors (Lipinski definition) is 3. The fourth-order valence-corrected chi connectivity index (χ4v) is 2.80. The van der Waals surface area contributed by atoms with E-state index in [0.29, 0.717) is 6.04 Å². The molecule has 0 aromatic rings. The van der Waals surface area contributed by atoms with Gasteiger partial charge in [-0.05, 0) is 19.3 Å². The van der Waals surface area contributed by atoms with E-state index in [-0.39, 0.29) is 0 Å². The van der Waals surface area contributed by atoms with E-state index in [2.05, 4.69) is 16.7 Å². The van der Waals surface area contributed by atoms with E-state index >= 15 is 0 Å². The van der Waals surface area contributed by atoms with E-state index < -0.39 is 0 Å². The van der Waals surface area contributed by atoms with Crippen molar-refractivity contribution in [2.45, 2.75) is 51.1 Å². The van der Waals surface area contributed by atoms with Crippen molar-refractivity contribution in [2.24, 2.45) is 5.73 Å². The second kappa shape index (κ2) is 5.99. The molecule has 0 spiro atoms. The molecule has 1 aliphatic heterocycles. The summed E-state index contributed by atoms with van der Waals surface area (Å²) in [5.74, 6) is 0. The Hall–Kier alpha value is -0.120. The number of rotatable bonds is 6. The third-order valence-electron chi connectivity index (χ3n) is 4.09. The molecule has 1 heterocycles. The Balaban J connectivity index is 1.72. The predicted octanol–water partition coefficient (Wildman–Crippen LogP) is 1.28. The van der Waals surface area contributed by atoms with E-state index in [9.17, 15) is 0 Å². The fraction of sp³-hybridized carbons (Fsp3) is 1.00. The van der Waals surface area contributed by atoms with Gasteiger partial charge in [0, 0.05) is 44.8 Å². The van der Waals surface area contributed by atoms with E-state index in [1.54, 1.807) is 0 Å². The number of hydrogen-bond donors (Lipinski definition) is 1. The maximum Gasteiger partial charge on any atom is 0.0219 e. The largest absolute Gasteiger partial charge is 0.329 e. The van der Waals surface area contributed by atoms with Gasteiger partial charge in [0.15, 0.2) is 0 Å². The number of nitrogens with two attached hydrogens (primary N) is 1. The van der Waals surface area contributed by atoms with Gasteiger partial charge in [0.05, 0.1) is 0 Å².